The van der Waals surface area contributed by atoms with Gasteiger partial charge in [0.15, 0.2) is 30.9 Å². The molecule has 9 fully saturated rings. The average Bonchev–Trinajstić information content (AvgIpc) is 3.84. The van der Waals surface area contributed by atoms with Gasteiger partial charge in [0.25, 0.3) is 0 Å². The number of hydrogen-bond donors (Lipinski definition) is 15. The largest absolute Gasteiger partial charge is 0.394 e. The van der Waals surface area contributed by atoms with Crippen LogP contribution < -0.4 is 0 Å². The van der Waals surface area contributed by atoms with Crippen molar-refractivity contribution in [3.63, 3.8) is 0 Å². The summed E-state index contributed by atoms with van der Waals surface area (Å²) in [6.07, 6.45) is -24.5. The molecule has 15 N–H and O–H groups in total. The molecule has 32 atom stereocenters. The predicted octanol–water partition coefficient (Wildman–Crippen LogP) is -3.95. The highest BCUT2D eigenvalue weighted by molar-refractivity contribution is 5.15. The first-order valence-electron chi connectivity index (χ1n) is 27.4. The molecule has 4 aliphatic carbocycles. The third kappa shape index (κ3) is 10.7. The standard InChI is InChI=1S/C51H86O24/c1-20(19-67-45-39(62)36(59)33(56)28(15-52)69-45)7-12-51(66)21(2)32-27(75-51)14-26-24-6-5-22-13-23(8-10-49(22,3)25(24)9-11-50(26,32)4)68-48-44(74-47-41(64)38(61)35(58)30(17-54)71-47)42(65)43(31(18-55)72-48)73-46-40(63)37(60)34(57)29(16-53)70-46/h20-48,52-66H,5-19H2,1-4H3/t20-,21+,22-,23+,24-,25+,26+,27+,28-,29-,30-,31-,32+,33-,34-,35-,36+,37+,38+,39-,40-,41-,42+,43+,44-,45-,46+,47+,48-,49+,50+,51?/m1/s1. The fourth-order valence-electron chi connectivity index (χ4n) is 15.6. The summed E-state index contributed by atoms with van der Waals surface area (Å²) in [5, 5.41) is 159. The molecule has 0 spiro atoms. The van der Waals surface area contributed by atoms with Crippen molar-refractivity contribution < 1.29 is 119 Å². The molecule has 1 unspecified atom stereocenters. The van der Waals surface area contributed by atoms with Crippen molar-refractivity contribution in [3.05, 3.63) is 0 Å². The highest BCUT2D eigenvalue weighted by atomic mass is 16.8. The van der Waals surface area contributed by atoms with Gasteiger partial charge in [0.2, 0.25) is 0 Å². The molecule has 9 aliphatic rings. The molecule has 5 saturated heterocycles. The summed E-state index contributed by atoms with van der Waals surface area (Å²) < 4.78 is 54.3. The summed E-state index contributed by atoms with van der Waals surface area (Å²) in [5.74, 6) is 0.0761. The smallest absolute Gasteiger partial charge is 0.187 e. The Morgan fingerprint density at radius 1 is 0.533 bits per heavy atom. The van der Waals surface area contributed by atoms with Crippen molar-refractivity contribution in [1.82, 2.24) is 0 Å². The molecule has 75 heavy (non-hydrogen) atoms. The van der Waals surface area contributed by atoms with E-state index in [1.165, 1.54) is 0 Å². The fourth-order valence-corrected chi connectivity index (χ4v) is 15.6. The zero-order chi connectivity index (χ0) is 54.2. The quantitative estimate of drug-likeness (QED) is 0.0656. The molecule has 0 radical (unpaired) electrons. The fraction of sp³-hybridized carbons (Fsp3) is 1.00. The first-order chi connectivity index (χ1) is 35.5. The summed E-state index contributed by atoms with van der Waals surface area (Å²) in [7, 11) is 0. The number of rotatable bonds is 16. The Morgan fingerprint density at radius 3 is 1.63 bits per heavy atom. The molecule has 0 amide bonds. The van der Waals surface area contributed by atoms with Gasteiger partial charge in [-0.05, 0) is 104 Å². The summed E-state index contributed by atoms with van der Waals surface area (Å²) in [4.78, 5) is 0. The highest BCUT2D eigenvalue weighted by Gasteiger charge is 2.68. The van der Waals surface area contributed by atoms with Crippen molar-refractivity contribution in [2.24, 2.45) is 52.3 Å². The van der Waals surface area contributed by atoms with Gasteiger partial charge in [-0.3, -0.25) is 0 Å². The van der Waals surface area contributed by atoms with Crippen LogP contribution in [0.4, 0.5) is 0 Å². The van der Waals surface area contributed by atoms with E-state index >= 15 is 0 Å². The van der Waals surface area contributed by atoms with Crippen LogP contribution in [-0.4, -0.2) is 250 Å². The van der Waals surface area contributed by atoms with Crippen LogP contribution in [0.3, 0.4) is 0 Å². The maximum atomic E-state index is 12.1. The first-order valence-corrected chi connectivity index (χ1v) is 27.4. The van der Waals surface area contributed by atoms with E-state index in [9.17, 15) is 76.6 Å². The third-order valence-corrected chi connectivity index (χ3v) is 20.1. The van der Waals surface area contributed by atoms with E-state index < -0.39 is 161 Å². The number of ether oxygens (including phenoxy) is 9. The summed E-state index contributed by atoms with van der Waals surface area (Å²) in [5.41, 5.74) is -0.0974. The van der Waals surface area contributed by atoms with E-state index in [1.807, 2.05) is 6.92 Å². The molecule has 5 heterocycles. The predicted molar refractivity (Wildman–Crippen MR) is 252 cm³/mol. The Kier molecular flexibility index (Phi) is 18.1. The van der Waals surface area contributed by atoms with E-state index in [0.29, 0.717) is 43.4 Å². The average molecular weight is 1080 g/mol. The van der Waals surface area contributed by atoms with Crippen LogP contribution in [0.5, 0.6) is 0 Å². The van der Waals surface area contributed by atoms with Crippen LogP contribution in [0.15, 0.2) is 0 Å². The van der Waals surface area contributed by atoms with E-state index in [0.717, 1.165) is 38.5 Å². The third-order valence-electron chi connectivity index (χ3n) is 20.1. The van der Waals surface area contributed by atoms with E-state index in [2.05, 4.69) is 20.8 Å². The molecule has 5 aliphatic heterocycles. The Balaban J connectivity index is 0.838. The second kappa shape index (κ2) is 23.1. The molecule has 24 heteroatoms. The molecular formula is C51H86O24. The van der Waals surface area contributed by atoms with Crippen LogP contribution in [0.1, 0.15) is 91.9 Å². The van der Waals surface area contributed by atoms with Gasteiger partial charge in [-0.1, -0.05) is 27.7 Å². The Morgan fingerprint density at radius 2 is 1.05 bits per heavy atom. The number of fused-ring (bicyclic) bond motifs is 7. The SMILES string of the molecule is C[C@H](CCC1(O)O[C@H]2C[C@H]3[C@@H]4CC[C@@H]5C[C@@H](O[C@@H]6O[C@H](CO)[C@H](O[C@@H]7O[C@H](CO)[C@@H](O)[C@H](O)[C@H]7O)[C@H](O)[C@H]6O[C@@H]6O[C@H](CO)[C@@H](O)[C@H](O)[C@H]6O)CC[C@]5(C)[C@H]4CC[C@]3(C)[C@H]2[C@@H]1C)CO[C@@H]1O[C@H](CO)[C@@H](O)[C@H](O)[C@H]1O. The minimum absolute atomic E-state index is 0.0417. The second-order valence-electron chi connectivity index (χ2n) is 24.3. The lowest BCUT2D eigenvalue weighted by molar-refractivity contribution is -0.391. The Labute approximate surface area is 436 Å². The van der Waals surface area contributed by atoms with Gasteiger partial charge in [-0.2, -0.15) is 0 Å². The normalized spacial score (nSPS) is 55.4. The maximum Gasteiger partial charge on any atom is 0.187 e. The molecule has 0 aromatic carbocycles. The minimum atomic E-state index is -1.88. The van der Waals surface area contributed by atoms with E-state index in [-0.39, 0.29) is 47.2 Å². The van der Waals surface area contributed by atoms with Crippen LogP contribution >= 0.6 is 0 Å². The van der Waals surface area contributed by atoms with Crippen molar-refractivity contribution in [1.29, 1.82) is 0 Å². The molecule has 434 valence electrons. The lowest BCUT2D eigenvalue weighted by atomic mass is 9.44. The summed E-state index contributed by atoms with van der Waals surface area (Å²) in [6.45, 7) is 6.15. The van der Waals surface area contributed by atoms with Crippen LogP contribution in [0.2, 0.25) is 0 Å². The number of aliphatic hydroxyl groups excluding tert-OH is 14. The van der Waals surface area contributed by atoms with E-state index in [4.69, 9.17) is 42.6 Å². The Bertz CT molecular complexity index is 1870. The van der Waals surface area contributed by atoms with Crippen LogP contribution in [0, 0.1) is 52.3 Å². The molecule has 24 nitrogen and oxygen atoms in total. The van der Waals surface area contributed by atoms with Crippen molar-refractivity contribution in [3.8, 4) is 0 Å². The second-order valence-corrected chi connectivity index (χ2v) is 24.3. The lowest BCUT2D eigenvalue weighted by Crippen LogP contribution is -2.67. The van der Waals surface area contributed by atoms with Gasteiger partial charge in [0, 0.05) is 12.3 Å². The van der Waals surface area contributed by atoms with Crippen LogP contribution in [-0.2, 0) is 42.6 Å². The molecule has 0 bridgehead atoms. The van der Waals surface area contributed by atoms with Gasteiger partial charge in [-0.15, -0.1) is 0 Å². The molecule has 4 saturated carbocycles. The van der Waals surface area contributed by atoms with Gasteiger partial charge in [0.1, 0.15) is 97.7 Å². The van der Waals surface area contributed by atoms with Gasteiger partial charge >= 0.3 is 0 Å². The van der Waals surface area contributed by atoms with E-state index in [1.54, 1.807) is 0 Å². The van der Waals surface area contributed by atoms with Gasteiger partial charge in [0.05, 0.1) is 45.2 Å². The van der Waals surface area contributed by atoms with Gasteiger partial charge < -0.3 is 119 Å². The van der Waals surface area contributed by atoms with Crippen molar-refractivity contribution in [2.45, 2.75) is 233 Å². The topological polar surface area (TPSA) is 387 Å². The van der Waals surface area contributed by atoms with Gasteiger partial charge in [-0.25, -0.2) is 0 Å². The molecule has 0 aromatic rings. The minimum Gasteiger partial charge on any atom is -0.394 e. The Hall–Kier alpha value is -0.960. The lowest BCUT2D eigenvalue weighted by Gasteiger charge is -2.61. The van der Waals surface area contributed by atoms with Crippen LogP contribution in [0.25, 0.3) is 0 Å². The summed E-state index contributed by atoms with van der Waals surface area (Å²) >= 11 is 0. The molecular weight excluding hydrogens is 997 g/mol. The zero-order valence-corrected chi connectivity index (χ0v) is 43.2. The number of aliphatic hydroxyl groups is 15. The highest BCUT2D eigenvalue weighted by Crippen LogP contribution is 2.71. The molecule has 9 rings (SSSR count). The maximum absolute atomic E-state index is 12.1. The first kappa shape index (κ1) is 58.7. The zero-order valence-electron chi connectivity index (χ0n) is 43.2. The number of hydrogen-bond acceptors (Lipinski definition) is 24. The van der Waals surface area contributed by atoms with Crippen molar-refractivity contribution >= 4 is 0 Å². The molecule has 0 aromatic heterocycles. The summed E-state index contributed by atoms with van der Waals surface area (Å²) in [6, 6.07) is 0. The monoisotopic (exact) mass is 1080 g/mol. The van der Waals surface area contributed by atoms with Crippen molar-refractivity contribution in [2.75, 3.05) is 33.0 Å².